The number of sulfone groups is 1. The van der Waals surface area contributed by atoms with Gasteiger partial charge in [0, 0.05) is 29.7 Å². The first kappa shape index (κ1) is 11.5. The van der Waals surface area contributed by atoms with E-state index in [0.29, 0.717) is 6.54 Å². The largest absolute Gasteiger partial charge is 0.361 e. The van der Waals surface area contributed by atoms with Gasteiger partial charge in [0.05, 0.1) is 5.75 Å². The van der Waals surface area contributed by atoms with Gasteiger partial charge in [-0.2, -0.15) is 0 Å². The molecule has 0 radical (unpaired) electrons. The third-order valence-electron chi connectivity index (χ3n) is 3.12. The average Bonchev–Trinajstić information content (AvgIpc) is 2.92. The van der Waals surface area contributed by atoms with Crippen LogP contribution in [0.1, 0.15) is 5.56 Å². The first-order valence-electron chi connectivity index (χ1n) is 5.83. The molecule has 1 unspecified atom stereocenters. The third kappa shape index (κ3) is 2.32. The average molecular weight is 262 g/mol. The van der Waals surface area contributed by atoms with Gasteiger partial charge in [0.25, 0.3) is 0 Å². The van der Waals surface area contributed by atoms with E-state index < -0.39 is 9.84 Å². The molecule has 3 rings (SSSR count). The van der Waals surface area contributed by atoms with E-state index in [1.807, 2.05) is 24.4 Å². The number of aromatic amines is 1. The number of H-pyrrole nitrogens is 1. The molecule has 0 saturated heterocycles. The molecule has 94 valence electrons. The van der Waals surface area contributed by atoms with Gasteiger partial charge in [-0.15, -0.1) is 0 Å². The fourth-order valence-corrected chi connectivity index (χ4v) is 3.43. The van der Waals surface area contributed by atoms with E-state index in [4.69, 9.17) is 0 Å². The molecule has 0 saturated carbocycles. The third-order valence-corrected chi connectivity index (χ3v) is 4.51. The van der Waals surface area contributed by atoms with E-state index in [9.17, 15) is 8.42 Å². The summed E-state index contributed by atoms with van der Waals surface area (Å²) in [6.45, 7) is 0.672. The minimum absolute atomic E-state index is 0.0723. The molecule has 2 heterocycles. The Kier molecular flexibility index (Phi) is 2.72. The smallest absolute Gasteiger partial charge is 0.173 e. The molecule has 2 aromatic rings. The van der Waals surface area contributed by atoms with Gasteiger partial charge >= 0.3 is 0 Å². The number of fused-ring (bicyclic) bond motifs is 1. The number of hydrogen-bond acceptors (Lipinski definition) is 3. The Morgan fingerprint density at radius 2 is 2.22 bits per heavy atom. The van der Waals surface area contributed by atoms with Crippen LogP contribution in [0.3, 0.4) is 0 Å². The summed E-state index contributed by atoms with van der Waals surface area (Å²) in [5.41, 5.74) is 2.27. The predicted octanol–water partition coefficient (Wildman–Crippen LogP) is 1.57. The Balaban J connectivity index is 1.68. The van der Waals surface area contributed by atoms with E-state index >= 15 is 0 Å². The van der Waals surface area contributed by atoms with Gasteiger partial charge in [0.1, 0.15) is 0 Å². The van der Waals surface area contributed by atoms with Crippen LogP contribution in [0.5, 0.6) is 0 Å². The first-order valence-corrected chi connectivity index (χ1v) is 7.54. The van der Waals surface area contributed by atoms with E-state index in [1.165, 1.54) is 10.8 Å². The van der Waals surface area contributed by atoms with Crippen LogP contribution in [0.25, 0.3) is 10.9 Å². The van der Waals surface area contributed by atoms with E-state index in [2.05, 4.69) is 16.4 Å². The fourth-order valence-electron chi connectivity index (χ4n) is 2.16. The summed E-state index contributed by atoms with van der Waals surface area (Å²) < 4.78 is 22.5. The molecule has 0 aliphatic carbocycles. The minimum atomic E-state index is -2.97. The van der Waals surface area contributed by atoms with Crippen LogP contribution in [0, 0.1) is 0 Å². The molecule has 2 N–H and O–H groups in total. The van der Waals surface area contributed by atoms with Crippen LogP contribution in [-0.4, -0.2) is 25.2 Å². The van der Waals surface area contributed by atoms with E-state index in [-0.39, 0.29) is 11.8 Å². The molecule has 1 aromatic heterocycles. The van der Waals surface area contributed by atoms with Crippen molar-refractivity contribution in [2.75, 3.05) is 5.75 Å². The molecule has 1 aromatic carbocycles. The number of rotatable bonds is 3. The first-order chi connectivity index (χ1) is 8.62. The van der Waals surface area contributed by atoms with Gasteiger partial charge in [-0.3, -0.25) is 0 Å². The van der Waals surface area contributed by atoms with Gasteiger partial charge in [-0.05, 0) is 29.1 Å². The highest BCUT2D eigenvalue weighted by atomic mass is 32.2. The molecular formula is C13H14N2O2S. The summed E-state index contributed by atoms with van der Waals surface area (Å²) in [7, 11) is -2.97. The van der Waals surface area contributed by atoms with Crippen molar-refractivity contribution >= 4 is 20.7 Å². The van der Waals surface area contributed by atoms with Crippen LogP contribution in [0.15, 0.2) is 41.9 Å². The monoisotopic (exact) mass is 262 g/mol. The Hall–Kier alpha value is -1.59. The maximum atomic E-state index is 11.3. The van der Waals surface area contributed by atoms with E-state index in [0.717, 1.165) is 11.1 Å². The van der Waals surface area contributed by atoms with Gasteiger partial charge in [0.15, 0.2) is 9.84 Å². The second kappa shape index (κ2) is 4.26. The number of nitrogens with one attached hydrogen (secondary N) is 2. The summed E-state index contributed by atoms with van der Waals surface area (Å²) in [6, 6.07) is 8.13. The molecule has 0 fully saturated rings. The van der Waals surface area contributed by atoms with Gasteiger partial charge in [-0.1, -0.05) is 12.1 Å². The second-order valence-corrected chi connectivity index (χ2v) is 6.48. The van der Waals surface area contributed by atoms with Crippen molar-refractivity contribution in [2.45, 2.75) is 12.6 Å². The van der Waals surface area contributed by atoms with Crippen molar-refractivity contribution in [2.24, 2.45) is 0 Å². The lowest BCUT2D eigenvalue weighted by Gasteiger charge is -2.09. The second-order valence-electron chi connectivity index (χ2n) is 4.54. The van der Waals surface area contributed by atoms with Crippen LogP contribution >= 0.6 is 0 Å². The zero-order valence-electron chi connectivity index (χ0n) is 9.76. The zero-order chi connectivity index (χ0) is 12.6. The molecule has 5 heteroatoms. The SMILES string of the molecule is O=S1(=O)C=CC(NCc2ccc3[nH]ccc3c2)C1. The summed E-state index contributed by atoms with van der Waals surface area (Å²) in [5, 5.41) is 5.70. The Bertz CT molecular complexity index is 701. The Morgan fingerprint density at radius 1 is 1.33 bits per heavy atom. The van der Waals surface area contributed by atoms with Crippen molar-refractivity contribution in [3.63, 3.8) is 0 Å². The van der Waals surface area contributed by atoms with Crippen molar-refractivity contribution in [1.82, 2.24) is 10.3 Å². The van der Waals surface area contributed by atoms with Gasteiger partial charge in [0.2, 0.25) is 0 Å². The lowest BCUT2D eigenvalue weighted by atomic mass is 10.1. The van der Waals surface area contributed by atoms with Crippen LogP contribution in [0.2, 0.25) is 0 Å². The standard InChI is InChI=1S/C13H14N2O2S/c16-18(17)6-4-12(9-18)15-8-10-1-2-13-11(7-10)3-5-14-13/h1-7,12,14-15H,8-9H2. The van der Waals surface area contributed by atoms with Crippen LogP contribution in [0.4, 0.5) is 0 Å². The normalized spacial score (nSPS) is 21.7. The lowest BCUT2D eigenvalue weighted by molar-refractivity contribution is 0.590. The molecule has 1 aliphatic rings. The number of aromatic nitrogens is 1. The lowest BCUT2D eigenvalue weighted by Crippen LogP contribution is -2.29. The quantitative estimate of drug-likeness (QED) is 0.882. The van der Waals surface area contributed by atoms with E-state index in [1.54, 1.807) is 6.08 Å². The number of benzene rings is 1. The Morgan fingerprint density at radius 3 is 3.00 bits per heavy atom. The molecule has 1 atom stereocenters. The molecular weight excluding hydrogens is 248 g/mol. The highest BCUT2D eigenvalue weighted by Crippen LogP contribution is 2.15. The van der Waals surface area contributed by atoms with Crippen molar-refractivity contribution < 1.29 is 8.42 Å². The van der Waals surface area contributed by atoms with Gasteiger partial charge in [-0.25, -0.2) is 8.42 Å². The topological polar surface area (TPSA) is 62.0 Å². The molecule has 18 heavy (non-hydrogen) atoms. The summed E-state index contributed by atoms with van der Waals surface area (Å²) >= 11 is 0. The fraction of sp³-hybridized carbons (Fsp3) is 0.231. The Labute approximate surface area is 106 Å². The highest BCUT2D eigenvalue weighted by molar-refractivity contribution is 7.94. The molecule has 0 amide bonds. The summed E-state index contributed by atoms with van der Waals surface area (Å²) in [5.74, 6) is 0.166. The summed E-state index contributed by atoms with van der Waals surface area (Å²) in [4.78, 5) is 3.14. The molecule has 1 aliphatic heterocycles. The van der Waals surface area contributed by atoms with Crippen LogP contribution in [-0.2, 0) is 16.4 Å². The molecule has 0 bridgehead atoms. The molecule has 4 nitrogen and oxygen atoms in total. The molecule has 0 spiro atoms. The van der Waals surface area contributed by atoms with Crippen molar-refractivity contribution in [3.05, 3.63) is 47.5 Å². The maximum Gasteiger partial charge on any atom is 0.173 e. The zero-order valence-corrected chi connectivity index (χ0v) is 10.6. The van der Waals surface area contributed by atoms with Crippen molar-refractivity contribution in [1.29, 1.82) is 0 Å². The minimum Gasteiger partial charge on any atom is -0.361 e. The maximum absolute atomic E-state index is 11.3. The van der Waals surface area contributed by atoms with Crippen molar-refractivity contribution in [3.8, 4) is 0 Å². The van der Waals surface area contributed by atoms with Crippen LogP contribution < -0.4 is 5.32 Å². The van der Waals surface area contributed by atoms with Gasteiger partial charge < -0.3 is 10.3 Å². The predicted molar refractivity (Wildman–Crippen MR) is 71.9 cm³/mol. The summed E-state index contributed by atoms with van der Waals surface area (Å²) in [6.07, 6.45) is 3.62. The highest BCUT2D eigenvalue weighted by Gasteiger charge is 2.20. The number of hydrogen-bond donors (Lipinski definition) is 2.